The van der Waals surface area contributed by atoms with Gasteiger partial charge in [-0.15, -0.1) is 0 Å². The first-order valence-corrected chi connectivity index (χ1v) is 14.6. The molecule has 5 aliphatic rings. The van der Waals surface area contributed by atoms with Crippen LogP contribution in [0.25, 0.3) is 17.3 Å². The molecule has 5 aliphatic carbocycles. The largest absolute Gasteiger partial charge is 0.478 e. The summed E-state index contributed by atoms with van der Waals surface area (Å²) in [7, 11) is 0. The Kier molecular flexibility index (Phi) is 6.31. The lowest BCUT2D eigenvalue weighted by Gasteiger charge is -2.51. The fourth-order valence-electron chi connectivity index (χ4n) is 6.58. The molecule has 6 nitrogen and oxygen atoms in total. The number of ether oxygens (including phenoxy) is 1. The van der Waals surface area contributed by atoms with Gasteiger partial charge in [-0.1, -0.05) is 52.4 Å². The molecule has 1 N–H and O–H groups in total. The smallest absolute Gasteiger partial charge is 0.336 e. The van der Waals surface area contributed by atoms with E-state index in [1.165, 1.54) is 0 Å². The number of hydrogen-bond donors (Lipinski definition) is 1. The molecule has 40 heavy (non-hydrogen) atoms. The Balaban J connectivity index is 1.09. The van der Waals surface area contributed by atoms with Crippen molar-refractivity contribution in [2.75, 3.05) is 0 Å². The predicted molar refractivity (Wildman–Crippen MR) is 152 cm³/mol. The Bertz CT molecular complexity index is 1580. The van der Waals surface area contributed by atoms with E-state index >= 15 is 0 Å². The van der Waals surface area contributed by atoms with Crippen LogP contribution >= 0.6 is 23.2 Å². The molecule has 0 unspecified atom stereocenters. The van der Waals surface area contributed by atoms with Crippen LogP contribution in [0.15, 0.2) is 35.1 Å². The normalized spacial score (nSPS) is 24.6. The summed E-state index contributed by atoms with van der Waals surface area (Å²) in [6.07, 6.45) is 15.7. The third-order valence-electron chi connectivity index (χ3n) is 9.15. The van der Waals surface area contributed by atoms with Crippen LogP contribution in [0, 0.1) is 17.3 Å². The van der Waals surface area contributed by atoms with Crippen molar-refractivity contribution < 1.29 is 19.2 Å². The van der Waals surface area contributed by atoms with Crippen LogP contribution in [0.2, 0.25) is 10.0 Å². The van der Waals surface area contributed by atoms with Crippen LogP contribution in [-0.2, 0) is 17.8 Å². The summed E-state index contributed by atoms with van der Waals surface area (Å²) in [5, 5.41) is 14.9. The second-order valence-electron chi connectivity index (χ2n) is 11.6. The van der Waals surface area contributed by atoms with Gasteiger partial charge in [0.05, 0.1) is 27.8 Å². The monoisotopic (exact) mass is 574 g/mol. The number of hydrogen-bond acceptors (Lipinski definition) is 5. The zero-order valence-corrected chi connectivity index (χ0v) is 23.4. The van der Waals surface area contributed by atoms with E-state index < -0.39 is 5.97 Å². The van der Waals surface area contributed by atoms with Crippen molar-refractivity contribution in [2.24, 2.45) is 5.41 Å². The molecule has 4 fully saturated rings. The van der Waals surface area contributed by atoms with E-state index in [9.17, 15) is 9.90 Å². The van der Waals surface area contributed by atoms with Gasteiger partial charge in [0.25, 0.3) is 0 Å². The number of aromatic nitrogens is 2. The van der Waals surface area contributed by atoms with Crippen molar-refractivity contribution >= 4 is 35.2 Å². The van der Waals surface area contributed by atoms with Crippen LogP contribution in [0.5, 0.6) is 0 Å². The lowest BCUT2D eigenvalue weighted by atomic mass is 9.59. The molecular formula is C32H28Cl2N2O4. The second-order valence-corrected chi connectivity index (χ2v) is 12.5. The number of nitrogens with zero attached hydrogens (tertiary/aromatic N) is 2. The van der Waals surface area contributed by atoms with Crippen LogP contribution in [-0.4, -0.2) is 26.8 Å². The Morgan fingerprint density at radius 3 is 2.50 bits per heavy atom. The number of aromatic carboxylic acids is 1. The fraction of sp³-hybridized carbons (Fsp3) is 0.406. The summed E-state index contributed by atoms with van der Waals surface area (Å²) >= 11 is 13.0. The molecule has 2 bridgehead atoms. The summed E-state index contributed by atoms with van der Waals surface area (Å²) in [6, 6.07) is 3.76. The summed E-state index contributed by atoms with van der Waals surface area (Å²) in [6.45, 7) is 0.402. The molecule has 2 heterocycles. The Morgan fingerprint density at radius 2 is 1.82 bits per heavy atom. The van der Waals surface area contributed by atoms with Crippen molar-refractivity contribution in [3.05, 3.63) is 74.2 Å². The van der Waals surface area contributed by atoms with Gasteiger partial charge in [0.15, 0.2) is 0 Å². The van der Waals surface area contributed by atoms with Crippen molar-refractivity contribution in [3.63, 3.8) is 0 Å². The van der Waals surface area contributed by atoms with Gasteiger partial charge in [-0.3, -0.25) is 4.98 Å². The highest BCUT2D eigenvalue weighted by molar-refractivity contribution is 6.38. The van der Waals surface area contributed by atoms with Crippen molar-refractivity contribution in [2.45, 2.75) is 75.9 Å². The molecular weight excluding hydrogens is 547 g/mol. The van der Waals surface area contributed by atoms with E-state index in [1.54, 1.807) is 18.5 Å². The number of carboxylic acid groups (broad SMARTS) is 1. The number of pyridine rings is 1. The fourth-order valence-corrected chi connectivity index (χ4v) is 7.12. The minimum Gasteiger partial charge on any atom is -0.478 e. The van der Waals surface area contributed by atoms with Crippen molar-refractivity contribution in [1.82, 2.24) is 10.1 Å². The number of rotatable bonds is 6. The van der Waals surface area contributed by atoms with Gasteiger partial charge < -0.3 is 14.4 Å². The number of allylic oxidation sites excluding steroid dienone is 1. The van der Waals surface area contributed by atoms with E-state index in [2.05, 4.69) is 22.0 Å². The summed E-state index contributed by atoms with van der Waals surface area (Å²) in [4.78, 5) is 15.9. The molecule has 204 valence electrons. The van der Waals surface area contributed by atoms with Gasteiger partial charge >= 0.3 is 5.97 Å². The van der Waals surface area contributed by atoms with Crippen LogP contribution < -0.4 is 0 Å². The molecule has 3 aromatic rings. The minimum atomic E-state index is -0.906. The van der Waals surface area contributed by atoms with E-state index in [1.807, 2.05) is 18.2 Å². The molecule has 0 radical (unpaired) electrons. The number of carbonyl (C=O) groups is 1. The second kappa shape index (κ2) is 9.76. The highest BCUT2D eigenvalue weighted by atomic mass is 35.5. The molecule has 0 amide bonds. The first-order chi connectivity index (χ1) is 19.4. The molecule has 4 saturated carbocycles. The SMILES string of the molecule is O=C(O)c1cc(C#CC23CCC(OCc4c(-c5c(Cl)cncc5Cl)noc4C4CC4)(CC2)CC3)cc2c1C=CC2. The van der Waals surface area contributed by atoms with Gasteiger partial charge in [0.1, 0.15) is 11.5 Å². The maximum absolute atomic E-state index is 11.8. The van der Waals surface area contributed by atoms with Crippen molar-refractivity contribution in [1.29, 1.82) is 0 Å². The molecule has 8 heteroatoms. The summed E-state index contributed by atoms with van der Waals surface area (Å²) in [5.74, 6) is 7.28. The third kappa shape index (κ3) is 4.55. The van der Waals surface area contributed by atoms with Gasteiger partial charge in [-0.05, 0) is 81.0 Å². The van der Waals surface area contributed by atoms with Gasteiger partial charge in [0.2, 0.25) is 0 Å². The predicted octanol–water partition coefficient (Wildman–Crippen LogP) is 7.85. The molecule has 0 aliphatic heterocycles. The topological polar surface area (TPSA) is 85.5 Å². The highest BCUT2D eigenvalue weighted by Crippen LogP contribution is 2.54. The first kappa shape index (κ1) is 25.8. The maximum atomic E-state index is 11.8. The highest BCUT2D eigenvalue weighted by Gasteiger charge is 2.49. The van der Waals surface area contributed by atoms with E-state index in [-0.39, 0.29) is 11.0 Å². The lowest BCUT2D eigenvalue weighted by Crippen LogP contribution is -2.47. The number of benzene rings is 1. The summed E-state index contributed by atoms with van der Waals surface area (Å²) < 4.78 is 12.6. The third-order valence-corrected chi connectivity index (χ3v) is 9.72. The molecule has 2 aromatic heterocycles. The first-order valence-electron chi connectivity index (χ1n) is 13.9. The maximum Gasteiger partial charge on any atom is 0.336 e. The zero-order chi connectivity index (χ0) is 27.5. The van der Waals surface area contributed by atoms with Crippen LogP contribution in [0.3, 0.4) is 0 Å². The van der Waals surface area contributed by atoms with E-state index in [4.69, 9.17) is 32.5 Å². The van der Waals surface area contributed by atoms with Gasteiger partial charge in [0, 0.05) is 40.4 Å². The molecule has 1 aromatic carbocycles. The van der Waals surface area contributed by atoms with Crippen LogP contribution in [0.1, 0.15) is 95.7 Å². The number of halogens is 2. The van der Waals surface area contributed by atoms with E-state index in [0.717, 1.165) is 85.8 Å². The average molecular weight is 575 g/mol. The molecule has 0 atom stereocenters. The number of carboxylic acids is 1. The van der Waals surface area contributed by atoms with Gasteiger partial charge in [-0.2, -0.15) is 0 Å². The zero-order valence-electron chi connectivity index (χ0n) is 21.9. The van der Waals surface area contributed by atoms with E-state index in [0.29, 0.717) is 39.4 Å². The van der Waals surface area contributed by atoms with Crippen LogP contribution in [0.4, 0.5) is 0 Å². The average Bonchev–Trinajstić information content (AvgIpc) is 3.54. The molecule has 8 rings (SSSR count). The Morgan fingerprint density at radius 1 is 1.10 bits per heavy atom. The lowest BCUT2D eigenvalue weighted by molar-refractivity contribution is -0.131. The number of fused-ring (bicyclic) bond motifs is 4. The Hall–Kier alpha value is -3.11. The quantitative estimate of drug-likeness (QED) is 0.302. The summed E-state index contributed by atoms with van der Waals surface area (Å²) in [5.41, 5.74) is 4.94. The Labute approximate surface area is 242 Å². The van der Waals surface area contributed by atoms with Crippen molar-refractivity contribution in [3.8, 4) is 23.1 Å². The standard InChI is InChI=1S/C32H28Cl2N2O4/c33-25-16-35-17-26(34)27(25)28-24(29(40-36-28)20-4-5-20)18-39-32-11-8-31(9-12-32,10-13-32)7-6-19-14-21-2-1-3-22(21)23(15-19)30(37)38/h1,3,14-17,20H,2,4-5,8-13,18H2,(H,37,38). The minimum absolute atomic E-state index is 0.0502. The molecule has 0 spiro atoms. The molecule has 0 saturated heterocycles. The van der Waals surface area contributed by atoms with Gasteiger partial charge in [-0.25, -0.2) is 4.79 Å².